The third kappa shape index (κ3) is 4.47. The van der Waals surface area contributed by atoms with E-state index in [4.69, 9.17) is 0 Å². The zero-order chi connectivity index (χ0) is 22.1. The van der Waals surface area contributed by atoms with Crippen LogP contribution in [0.25, 0.3) is 16.8 Å². The number of hydrogen-bond donors (Lipinski definition) is 2. The van der Waals surface area contributed by atoms with Crippen molar-refractivity contribution < 1.29 is 0 Å². The number of anilines is 2. The van der Waals surface area contributed by atoms with Crippen molar-refractivity contribution in [2.45, 2.75) is 27.3 Å². The molecule has 4 aromatic rings. The molecule has 1 aliphatic rings. The molecule has 0 saturated carbocycles. The van der Waals surface area contributed by atoms with Crippen LogP contribution in [0.3, 0.4) is 0 Å². The number of rotatable bonds is 4. The lowest BCUT2D eigenvalue weighted by molar-refractivity contribution is 0.968. The van der Waals surface area contributed by atoms with Gasteiger partial charge >= 0.3 is 0 Å². The third-order valence-corrected chi connectivity index (χ3v) is 5.78. The summed E-state index contributed by atoms with van der Waals surface area (Å²) in [5.74, 6) is 0. The maximum Gasteiger partial charge on any atom is 0.0808 e. The van der Waals surface area contributed by atoms with Crippen molar-refractivity contribution >= 4 is 17.1 Å². The molecule has 1 aromatic carbocycles. The van der Waals surface area contributed by atoms with Crippen LogP contribution in [0, 0.1) is 20.8 Å². The molecule has 0 unspecified atom stereocenters. The molecule has 0 fully saturated rings. The summed E-state index contributed by atoms with van der Waals surface area (Å²) in [6.45, 7) is 6.97. The van der Waals surface area contributed by atoms with Gasteiger partial charge in [-0.05, 0) is 73.4 Å². The summed E-state index contributed by atoms with van der Waals surface area (Å²) in [5.41, 5.74) is 11.3. The van der Waals surface area contributed by atoms with Crippen molar-refractivity contribution in [2.75, 3.05) is 10.2 Å². The van der Waals surface area contributed by atoms with Crippen LogP contribution in [0.2, 0.25) is 0 Å². The molecule has 0 bridgehead atoms. The highest BCUT2D eigenvalue weighted by Crippen LogP contribution is 2.37. The van der Waals surface area contributed by atoms with Gasteiger partial charge in [0.1, 0.15) is 0 Å². The van der Waals surface area contributed by atoms with E-state index in [9.17, 15) is 0 Å². The Kier molecular flexibility index (Phi) is 6.20. The Morgan fingerprint density at radius 3 is 2.27 bits per heavy atom. The predicted molar refractivity (Wildman–Crippen MR) is 135 cm³/mol. The number of pyridine rings is 3. The van der Waals surface area contributed by atoms with E-state index in [1.807, 2.05) is 38.6 Å². The SMILES string of the molecule is Cc1cc(C2=CNc3cnccc3N2Cc2ccc(-c3ccnc(C)c3)c(C)c2)ccn1.N. The van der Waals surface area contributed by atoms with E-state index in [1.165, 1.54) is 22.3 Å². The summed E-state index contributed by atoms with van der Waals surface area (Å²) in [6.07, 6.45) is 9.50. The van der Waals surface area contributed by atoms with Crippen molar-refractivity contribution in [3.8, 4) is 11.1 Å². The topological polar surface area (TPSA) is 88.9 Å². The Morgan fingerprint density at radius 2 is 1.55 bits per heavy atom. The lowest BCUT2D eigenvalue weighted by Crippen LogP contribution is -2.26. The van der Waals surface area contributed by atoms with Crippen LogP contribution in [-0.4, -0.2) is 15.0 Å². The Bertz CT molecular complexity index is 1330. The minimum Gasteiger partial charge on any atom is -0.357 e. The molecule has 4 N–H and O–H groups in total. The lowest BCUT2D eigenvalue weighted by Gasteiger charge is -2.33. The van der Waals surface area contributed by atoms with E-state index in [-0.39, 0.29) is 6.15 Å². The van der Waals surface area contributed by atoms with E-state index in [1.54, 1.807) is 0 Å². The fraction of sp³-hybridized carbons (Fsp3) is 0.148. The molecule has 0 amide bonds. The summed E-state index contributed by atoms with van der Waals surface area (Å²) in [5, 5.41) is 3.40. The van der Waals surface area contributed by atoms with Crippen LogP contribution in [0.15, 0.2) is 79.5 Å². The Hall–Kier alpha value is -4.03. The lowest BCUT2D eigenvalue weighted by atomic mass is 9.98. The van der Waals surface area contributed by atoms with Gasteiger partial charge in [0.25, 0.3) is 0 Å². The molecular weight excluding hydrogens is 408 g/mol. The zero-order valence-corrected chi connectivity index (χ0v) is 19.2. The van der Waals surface area contributed by atoms with Crippen LogP contribution in [0.5, 0.6) is 0 Å². The molecule has 166 valence electrons. The molecule has 0 radical (unpaired) electrons. The molecule has 1 aliphatic heterocycles. The second kappa shape index (κ2) is 9.22. The number of benzene rings is 1. The first-order valence-corrected chi connectivity index (χ1v) is 10.7. The van der Waals surface area contributed by atoms with E-state index in [2.05, 4.69) is 86.8 Å². The molecule has 33 heavy (non-hydrogen) atoms. The van der Waals surface area contributed by atoms with Crippen LogP contribution in [0.4, 0.5) is 11.4 Å². The van der Waals surface area contributed by atoms with Gasteiger partial charge in [-0.25, -0.2) is 0 Å². The molecule has 0 saturated heterocycles. The van der Waals surface area contributed by atoms with Gasteiger partial charge in [-0.1, -0.05) is 18.2 Å². The van der Waals surface area contributed by atoms with Gasteiger partial charge in [-0.3, -0.25) is 15.0 Å². The van der Waals surface area contributed by atoms with Crippen LogP contribution < -0.4 is 16.4 Å². The average molecular weight is 437 g/mol. The van der Waals surface area contributed by atoms with E-state index in [0.29, 0.717) is 0 Å². The number of aromatic nitrogens is 3. The van der Waals surface area contributed by atoms with Gasteiger partial charge in [0.2, 0.25) is 0 Å². The first-order chi connectivity index (χ1) is 15.6. The second-order valence-electron chi connectivity index (χ2n) is 8.17. The monoisotopic (exact) mass is 436 g/mol. The normalized spacial score (nSPS) is 12.3. The number of aryl methyl sites for hydroxylation is 3. The van der Waals surface area contributed by atoms with Crippen LogP contribution >= 0.6 is 0 Å². The first kappa shape index (κ1) is 22.2. The van der Waals surface area contributed by atoms with Crippen LogP contribution in [0.1, 0.15) is 28.1 Å². The first-order valence-electron chi connectivity index (χ1n) is 10.7. The van der Waals surface area contributed by atoms with Gasteiger partial charge in [0, 0.05) is 48.3 Å². The molecule has 6 heteroatoms. The quantitative estimate of drug-likeness (QED) is 0.404. The molecule has 5 rings (SSSR count). The smallest absolute Gasteiger partial charge is 0.0808 e. The van der Waals surface area contributed by atoms with Gasteiger partial charge in [0.15, 0.2) is 0 Å². The van der Waals surface area contributed by atoms with E-state index >= 15 is 0 Å². The van der Waals surface area contributed by atoms with Gasteiger partial charge in [-0.2, -0.15) is 0 Å². The molecular formula is C27H28N6. The molecule has 3 aromatic heterocycles. The summed E-state index contributed by atoms with van der Waals surface area (Å²) in [6, 6.07) is 17.2. The highest BCUT2D eigenvalue weighted by Gasteiger charge is 2.22. The van der Waals surface area contributed by atoms with Gasteiger partial charge in [-0.15, -0.1) is 0 Å². The molecule has 6 nitrogen and oxygen atoms in total. The Balaban J connectivity index is 0.00000259. The maximum atomic E-state index is 4.36. The predicted octanol–water partition coefficient (Wildman–Crippen LogP) is 6.06. The fourth-order valence-electron chi connectivity index (χ4n) is 4.25. The van der Waals surface area contributed by atoms with Crippen LogP contribution in [-0.2, 0) is 6.54 Å². The number of nitrogens with zero attached hydrogens (tertiary/aromatic N) is 4. The van der Waals surface area contributed by atoms with E-state index < -0.39 is 0 Å². The minimum absolute atomic E-state index is 0. The Morgan fingerprint density at radius 1 is 0.818 bits per heavy atom. The summed E-state index contributed by atoms with van der Waals surface area (Å²) >= 11 is 0. The van der Waals surface area contributed by atoms with Gasteiger partial charge in [0.05, 0.1) is 23.3 Å². The zero-order valence-electron chi connectivity index (χ0n) is 19.2. The summed E-state index contributed by atoms with van der Waals surface area (Å²) in [4.78, 5) is 15.3. The summed E-state index contributed by atoms with van der Waals surface area (Å²) in [7, 11) is 0. The second-order valence-corrected chi connectivity index (χ2v) is 8.17. The largest absolute Gasteiger partial charge is 0.357 e. The highest BCUT2D eigenvalue weighted by molar-refractivity contribution is 5.89. The molecule has 4 heterocycles. The van der Waals surface area contributed by atoms with Crippen molar-refractivity contribution in [2.24, 2.45) is 0 Å². The standard InChI is InChI=1S/C27H25N5.H3N/c1-18-12-21(4-5-24(18)22-6-10-29-19(2)13-22)17-32-26-8-9-28-15-25(26)31-16-27(32)23-7-11-30-20(3)14-23;/h4-16,31H,17H2,1-3H3;1H3. The maximum absolute atomic E-state index is 4.36. The van der Waals surface area contributed by atoms with Gasteiger partial charge < -0.3 is 16.4 Å². The number of hydrogen-bond acceptors (Lipinski definition) is 6. The molecule has 0 spiro atoms. The van der Waals surface area contributed by atoms with E-state index in [0.717, 1.165) is 40.6 Å². The molecule has 0 atom stereocenters. The minimum atomic E-state index is 0. The average Bonchev–Trinajstić information content (AvgIpc) is 2.79. The van der Waals surface area contributed by atoms with Crippen molar-refractivity contribution in [3.05, 3.63) is 108 Å². The van der Waals surface area contributed by atoms with Crippen molar-refractivity contribution in [3.63, 3.8) is 0 Å². The Labute approximate surface area is 194 Å². The van der Waals surface area contributed by atoms with Crippen molar-refractivity contribution in [1.82, 2.24) is 21.1 Å². The third-order valence-electron chi connectivity index (χ3n) is 5.78. The van der Waals surface area contributed by atoms with Crippen molar-refractivity contribution in [1.29, 1.82) is 0 Å². The molecule has 0 aliphatic carbocycles. The number of fused-ring (bicyclic) bond motifs is 1. The highest BCUT2D eigenvalue weighted by atomic mass is 15.2. The number of nitrogens with one attached hydrogen (secondary N) is 1. The summed E-state index contributed by atoms with van der Waals surface area (Å²) < 4.78 is 0. The fourth-order valence-corrected chi connectivity index (χ4v) is 4.25.